The minimum atomic E-state index is 0.363. The van der Waals surface area contributed by atoms with E-state index in [0.717, 1.165) is 6.42 Å². The van der Waals surface area contributed by atoms with E-state index in [-0.39, 0.29) is 0 Å². The van der Waals surface area contributed by atoms with E-state index in [2.05, 4.69) is 77.9 Å². The summed E-state index contributed by atoms with van der Waals surface area (Å²) in [6, 6.07) is 0.363. The minimum absolute atomic E-state index is 0.363. The molecule has 0 aromatic carbocycles. The Morgan fingerprint density at radius 1 is 1.00 bits per heavy atom. The average molecular weight is 363 g/mol. The van der Waals surface area contributed by atoms with Gasteiger partial charge in [0.1, 0.15) is 0 Å². The molecule has 0 amide bonds. The van der Waals surface area contributed by atoms with Crippen molar-refractivity contribution in [3.63, 3.8) is 0 Å². The number of allylic oxidation sites excluding steroid dienone is 8. The van der Waals surface area contributed by atoms with Crippen molar-refractivity contribution >= 4 is 0 Å². The lowest BCUT2D eigenvalue weighted by Gasteiger charge is -2.48. The van der Waals surface area contributed by atoms with Crippen molar-refractivity contribution in [2.45, 2.75) is 45.1 Å². The Kier molecular flexibility index (Phi) is 5.95. The second kappa shape index (κ2) is 8.58. The first-order valence-corrected chi connectivity index (χ1v) is 10.8. The van der Waals surface area contributed by atoms with Crippen molar-refractivity contribution in [3.05, 3.63) is 71.9 Å². The Bertz CT molecular complexity index is 692. The fraction of sp³-hybridized carbons (Fsp3) is 0.520. The first-order chi connectivity index (χ1) is 13.3. The fourth-order valence-corrected chi connectivity index (χ4v) is 5.13. The van der Waals surface area contributed by atoms with Crippen LogP contribution in [0.15, 0.2) is 71.9 Å². The lowest BCUT2D eigenvalue weighted by Crippen LogP contribution is -2.52. The van der Waals surface area contributed by atoms with Crippen LogP contribution in [0.3, 0.4) is 0 Å². The molecule has 2 atom stereocenters. The molecule has 2 aliphatic heterocycles. The van der Waals surface area contributed by atoms with Gasteiger partial charge in [0.2, 0.25) is 0 Å². The maximum atomic E-state index is 3.57. The first-order valence-electron chi connectivity index (χ1n) is 10.8. The third-order valence-electron chi connectivity index (χ3n) is 6.65. The molecule has 2 heterocycles. The molecular formula is C25H34N2. The Balaban J connectivity index is 1.66. The Morgan fingerprint density at radius 3 is 2.70 bits per heavy atom. The number of nitrogens with zero attached hydrogens (tertiary/aromatic N) is 1. The summed E-state index contributed by atoms with van der Waals surface area (Å²) in [4.78, 5) is 2.78. The number of piperidine rings is 2. The predicted molar refractivity (Wildman–Crippen MR) is 116 cm³/mol. The number of hydrogen-bond donors (Lipinski definition) is 1. The molecule has 2 fully saturated rings. The van der Waals surface area contributed by atoms with Gasteiger partial charge in [0.25, 0.3) is 0 Å². The van der Waals surface area contributed by atoms with Crippen molar-refractivity contribution in [1.29, 1.82) is 0 Å². The summed E-state index contributed by atoms with van der Waals surface area (Å²) in [6.07, 6.45) is 29.6. The maximum absolute atomic E-state index is 3.57. The molecule has 4 rings (SSSR count). The average Bonchev–Trinajstić information content (AvgIpc) is 3.07. The summed E-state index contributed by atoms with van der Waals surface area (Å²) >= 11 is 0. The van der Waals surface area contributed by atoms with E-state index >= 15 is 0 Å². The highest BCUT2D eigenvalue weighted by molar-refractivity contribution is 5.44. The van der Waals surface area contributed by atoms with E-state index in [9.17, 15) is 0 Å². The third kappa shape index (κ3) is 4.44. The monoisotopic (exact) mass is 362 g/mol. The van der Waals surface area contributed by atoms with Crippen molar-refractivity contribution in [3.8, 4) is 0 Å². The molecule has 2 heteroatoms. The highest BCUT2D eigenvalue weighted by atomic mass is 15.2. The van der Waals surface area contributed by atoms with Gasteiger partial charge in [-0.25, -0.2) is 0 Å². The molecule has 4 aliphatic rings. The third-order valence-corrected chi connectivity index (χ3v) is 6.65. The molecule has 27 heavy (non-hydrogen) atoms. The zero-order valence-corrected chi connectivity index (χ0v) is 16.7. The normalized spacial score (nSPS) is 29.1. The van der Waals surface area contributed by atoms with Crippen LogP contribution in [0.5, 0.6) is 0 Å². The molecule has 1 N–H and O–H groups in total. The fourth-order valence-electron chi connectivity index (χ4n) is 5.13. The van der Waals surface area contributed by atoms with Gasteiger partial charge in [0.15, 0.2) is 0 Å². The lowest BCUT2D eigenvalue weighted by molar-refractivity contribution is 0.0505. The van der Waals surface area contributed by atoms with Gasteiger partial charge in [-0.1, -0.05) is 67.7 Å². The van der Waals surface area contributed by atoms with E-state index in [0.29, 0.717) is 17.4 Å². The number of nitrogens with one attached hydrogen (secondary N) is 1. The van der Waals surface area contributed by atoms with Crippen LogP contribution in [-0.4, -0.2) is 37.1 Å². The van der Waals surface area contributed by atoms with Gasteiger partial charge in [-0.3, -0.25) is 4.90 Å². The van der Waals surface area contributed by atoms with Gasteiger partial charge in [0, 0.05) is 6.54 Å². The molecule has 0 aromatic rings. The number of rotatable bonds is 3. The molecule has 2 saturated heterocycles. The Morgan fingerprint density at radius 2 is 1.81 bits per heavy atom. The smallest absolute Gasteiger partial charge is 0.0601 e. The highest BCUT2D eigenvalue weighted by Gasteiger charge is 2.39. The quantitative estimate of drug-likeness (QED) is 0.764. The summed E-state index contributed by atoms with van der Waals surface area (Å²) in [5.41, 5.74) is 3.39. The van der Waals surface area contributed by atoms with Crippen LogP contribution < -0.4 is 5.32 Å². The molecule has 0 aromatic heterocycles. The SMILES string of the molecule is CC1C=CC=C(C(C2=CC=CCC=C2)N2CCCC3(CCNCC3)C2)C=C1. The van der Waals surface area contributed by atoms with Crippen LogP contribution >= 0.6 is 0 Å². The molecule has 2 unspecified atom stereocenters. The summed E-state index contributed by atoms with van der Waals surface area (Å²) in [6.45, 7) is 7.08. The van der Waals surface area contributed by atoms with Gasteiger partial charge in [0.05, 0.1) is 6.04 Å². The number of likely N-dealkylation sites (tertiary alicyclic amines) is 1. The minimum Gasteiger partial charge on any atom is -0.317 e. The van der Waals surface area contributed by atoms with Crippen LogP contribution in [0.2, 0.25) is 0 Å². The topological polar surface area (TPSA) is 15.3 Å². The summed E-state index contributed by atoms with van der Waals surface area (Å²) in [7, 11) is 0. The van der Waals surface area contributed by atoms with Crippen LogP contribution in [0.25, 0.3) is 0 Å². The Labute approximate surface area is 165 Å². The van der Waals surface area contributed by atoms with E-state index in [1.807, 2.05) is 0 Å². The largest absolute Gasteiger partial charge is 0.317 e. The predicted octanol–water partition coefficient (Wildman–Crippen LogP) is 4.95. The summed E-state index contributed by atoms with van der Waals surface area (Å²) < 4.78 is 0. The molecule has 0 bridgehead atoms. The van der Waals surface area contributed by atoms with E-state index < -0.39 is 0 Å². The Hall–Kier alpha value is -1.64. The van der Waals surface area contributed by atoms with E-state index in [4.69, 9.17) is 0 Å². The highest BCUT2D eigenvalue weighted by Crippen LogP contribution is 2.40. The van der Waals surface area contributed by atoms with Gasteiger partial charge < -0.3 is 5.32 Å². The second-order valence-corrected chi connectivity index (χ2v) is 8.73. The van der Waals surface area contributed by atoms with Gasteiger partial charge >= 0.3 is 0 Å². The van der Waals surface area contributed by atoms with Gasteiger partial charge in [-0.05, 0) is 74.2 Å². The molecule has 1 spiro atoms. The van der Waals surface area contributed by atoms with E-state index in [1.54, 1.807) is 0 Å². The van der Waals surface area contributed by atoms with Crippen LogP contribution in [0.1, 0.15) is 39.0 Å². The zero-order chi connectivity index (χ0) is 18.5. The molecule has 2 aliphatic carbocycles. The maximum Gasteiger partial charge on any atom is 0.0601 e. The van der Waals surface area contributed by atoms with Crippen LogP contribution in [0, 0.1) is 11.3 Å². The van der Waals surface area contributed by atoms with Crippen molar-refractivity contribution in [2.24, 2.45) is 11.3 Å². The lowest BCUT2D eigenvalue weighted by atomic mass is 9.72. The zero-order valence-electron chi connectivity index (χ0n) is 16.7. The van der Waals surface area contributed by atoms with Crippen molar-refractivity contribution in [2.75, 3.05) is 26.2 Å². The molecule has 0 saturated carbocycles. The van der Waals surface area contributed by atoms with Crippen LogP contribution in [-0.2, 0) is 0 Å². The molecule has 144 valence electrons. The second-order valence-electron chi connectivity index (χ2n) is 8.73. The van der Waals surface area contributed by atoms with Gasteiger partial charge in [-0.2, -0.15) is 0 Å². The van der Waals surface area contributed by atoms with Crippen molar-refractivity contribution < 1.29 is 0 Å². The molecule has 0 radical (unpaired) electrons. The standard InChI is InChI=1S/C25H34N2/c1-21-8-6-11-23(13-12-21)24(22-9-4-2-3-5-10-22)27-19-7-14-25(20-27)15-17-26-18-16-25/h2,4-6,8-13,21,24,26H,3,7,14-20H2,1H3. The summed E-state index contributed by atoms with van der Waals surface area (Å²) in [5.74, 6) is 0.509. The van der Waals surface area contributed by atoms with E-state index in [1.165, 1.54) is 63.0 Å². The summed E-state index contributed by atoms with van der Waals surface area (Å²) in [5, 5.41) is 3.57. The molecular weight excluding hydrogens is 328 g/mol. The molecule has 2 nitrogen and oxygen atoms in total. The van der Waals surface area contributed by atoms with Crippen LogP contribution in [0.4, 0.5) is 0 Å². The van der Waals surface area contributed by atoms with Crippen molar-refractivity contribution in [1.82, 2.24) is 10.2 Å². The number of hydrogen-bond acceptors (Lipinski definition) is 2. The van der Waals surface area contributed by atoms with Gasteiger partial charge in [-0.15, -0.1) is 0 Å². The first kappa shape index (κ1) is 18.7.